The number of esters is 1. The summed E-state index contributed by atoms with van der Waals surface area (Å²) in [6, 6.07) is 4.80. The molecule has 1 aromatic carbocycles. The summed E-state index contributed by atoms with van der Waals surface area (Å²) in [5.74, 6) is -1.42. The van der Waals surface area contributed by atoms with E-state index in [0.29, 0.717) is 46.5 Å². The summed E-state index contributed by atoms with van der Waals surface area (Å²) in [4.78, 5) is 57.4. The normalized spacial score (nSPS) is 14.9. The maximum absolute atomic E-state index is 12.7. The van der Waals surface area contributed by atoms with Crippen LogP contribution in [0.2, 0.25) is 5.02 Å². The van der Waals surface area contributed by atoms with Crippen LogP contribution in [0.25, 0.3) is 6.08 Å². The van der Waals surface area contributed by atoms with E-state index in [0.717, 1.165) is 19.9 Å². The Labute approximate surface area is 292 Å². The largest absolute Gasteiger partial charge is 0.481 e. The highest BCUT2D eigenvalue weighted by molar-refractivity contribution is 8.03. The Morgan fingerprint density at radius 3 is 2.04 bits per heavy atom. The zero-order chi connectivity index (χ0) is 36.7. The van der Waals surface area contributed by atoms with E-state index in [1.54, 1.807) is 25.1 Å². The van der Waals surface area contributed by atoms with Gasteiger partial charge in [-0.05, 0) is 62.4 Å². The second kappa shape index (κ2) is 16.4. The molecule has 0 radical (unpaired) electrons. The predicted octanol–water partition coefficient (Wildman–Crippen LogP) is 2.98. The van der Waals surface area contributed by atoms with Gasteiger partial charge in [0, 0.05) is 23.2 Å². The van der Waals surface area contributed by atoms with Crippen LogP contribution in [0.5, 0.6) is 11.8 Å². The lowest BCUT2D eigenvalue weighted by Crippen LogP contribution is -2.45. The Bertz CT molecular complexity index is 1890. The quantitative estimate of drug-likeness (QED) is 0.202. The summed E-state index contributed by atoms with van der Waals surface area (Å²) in [6.45, 7) is 1.87. The fourth-order valence-electron chi connectivity index (χ4n) is 4.31. The van der Waals surface area contributed by atoms with Crippen molar-refractivity contribution in [1.82, 2.24) is 18.4 Å². The van der Waals surface area contributed by atoms with E-state index in [4.69, 9.17) is 37.4 Å². The lowest BCUT2D eigenvalue weighted by Gasteiger charge is -2.16. The van der Waals surface area contributed by atoms with Gasteiger partial charge in [0.25, 0.3) is 11.8 Å². The first-order valence-electron chi connectivity index (χ1n) is 14.1. The molecule has 2 heterocycles. The molecule has 4 rings (SSSR count). The number of hydrogen-bond acceptors (Lipinski definition) is 13. The average molecular weight is 764 g/mol. The van der Waals surface area contributed by atoms with Crippen LogP contribution >= 0.6 is 23.2 Å². The highest BCUT2D eigenvalue weighted by Crippen LogP contribution is 2.37. The highest BCUT2D eigenvalue weighted by atomic mass is 35.5. The number of halogens is 2. The Balaban J connectivity index is 0.000000268. The SMILES string of the molecule is CCOC(=O)/C(Cl)=C/c1cc(N2C(=O)C3=C(CCCC3)C2=O)ccc1Cl.COc1cc(OC)nc(NC(=O)NS(=O)(=O)N(C)S(C)(=O)=O)n1. The van der Waals surface area contributed by atoms with Crippen LogP contribution in [0.3, 0.4) is 0 Å². The maximum Gasteiger partial charge on any atom is 0.349 e. The summed E-state index contributed by atoms with van der Waals surface area (Å²) in [5, 5.41) is 2.22. The summed E-state index contributed by atoms with van der Waals surface area (Å²) in [7, 11) is -5.27. The van der Waals surface area contributed by atoms with Crippen LogP contribution < -0.4 is 24.4 Å². The minimum atomic E-state index is -4.60. The fourth-order valence-corrected chi connectivity index (χ4v) is 6.60. The number of carbonyl (C=O) groups excluding carboxylic acids is 4. The number of sulfonamides is 1. The van der Waals surface area contributed by atoms with Crippen molar-refractivity contribution in [2.75, 3.05) is 44.3 Å². The Morgan fingerprint density at radius 1 is 1.00 bits per heavy atom. The number of methoxy groups -OCH3 is 2. The molecule has 0 saturated heterocycles. The van der Waals surface area contributed by atoms with Gasteiger partial charge in [-0.15, -0.1) is 0 Å². The van der Waals surface area contributed by atoms with Crippen LogP contribution in [0.15, 0.2) is 40.4 Å². The van der Waals surface area contributed by atoms with E-state index in [1.807, 2.05) is 5.32 Å². The molecular weight excluding hydrogens is 731 g/mol. The Hall–Kier alpha value is -4.30. The summed E-state index contributed by atoms with van der Waals surface area (Å²) < 4.78 is 61.9. The van der Waals surface area contributed by atoms with Crippen molar-refractivity contribution in [3.63, 3.8) is 0 Å². The molecule has 0 fully saturated rings. The van der Waals surface area contributed by atoms with E-state index in [-0.39, 0.29) is 44.9 Å². The number of urea groups is 1. The topological polar surface area (TPSA) is 221 Å². The van der Waals surface area contributed by atoms with Crippen molar-refractivity contribution in [1.29, 1.82) is 0 Å². The lowest BCUT2D eigenvalue weighted by molar-refractivity contribution is -0.137. The molecule has 266 valence electrons. The van der Waals surface area contributed by atoms with Crippen molar-refractivity contribution in [3.8, 4) is 11.8 Å². The number of nitrogens with one attached hydrogen (secondary N) is 2. The molecule has 0 unspecified atom stereocenters. The van der Waals surface area contributed by atoms with Crippen molar-refractivity contribution in [3.05, 3.63) is 51.0 Å². The summed E-state index contributed by atoms with van der Waals surface area (Å²) in [5.41, 5.74) is 2.04. The minimum Gasteiger partial charge on any atom is -0.481 e. The van der Waals surface area contributed by atoms with Gasteiger partial charge in [0.2, 0.25) is 27.7 Å². The first kappa shape index (κ1) is 39.1. The summed E-state index contributed by atoms with van der Waals surface area (Å²) >= 11 is 12.1. The number of anilines is 2. The number of nitrogens with zero attached hydrogens (tertiary/aromatic N) is 4. The standard InChI is InChI=1S/C19H17Cl2NO4.C9H15N5O7S2/c1-2-26-19(25)16(21)10-11-9-12(7-8-15(11)20)22-17(23)13-5-3-4-6-14(13)18(22)24;1-14(22(4,16)17)23(18,19)13-9(15)12-8-10-6(20-2)5-7(11-8)21-3/h7-10H,2-6H2,1H3;5H,1-4H3,(H2,10,11,12,13,15)/b16-10-;. The van der Waals surface area contributed by atoms with Crippen LogP contribution in [-0.4, -0.2) is 88.5 Å². The first-order chi connectivity index (χ1) is 22.9. The number of benzene rings is 1. The molecule has 0 saturated carbocycles. The second-order valence-corrected chi connectivity index (χ2v) is 14.8. The smallest absolute Gasteiger partial charge is 0.349 e. The molecular formula is C28H32Cl2N6O11S2. The molecule has 49 heavy (non-hydrogen) atoms. The number of imide groups is 1. The predicted molar refractivity (Wildman–Crippen MR) is 179 cm³/mol. The molecule has 1 aliphatic heterocycles. The molecule has 0 spiro atoms. The molecule has 21 heteroatoms. The monoisotopic (exact) mass is 762 g/mol. The third kappa shape index (κ3) is 9.88. The van der Waals surface area contributed by atoms with E-state index >= 15 is 0 Å². The number of rotatable bonds is 10. The first-order valence-corrected chi connectivity index (χ1v) is 18.2. The molecule has 2 aliphatic rings. The van der Waals surface area contributed by atoms with Gasteiger partial charge in [0.05, 0.1) is 38.8 Å². The molecule has 0 atom stereocenters. The van der Waals surface area contributed by atoms with Gasteiger partial charge in [-0.3, -0.25) is 14.9 Å². The van der Waals surface area contributed by atoms with Crippen molar-refractivity contribution < 1.29 is 50.2 Å². The van der Waals surface area contributed by atoms with Crippen molar-refractivity contribution in [2.45, 2.75) is 32.6 Å². The van der Waals surface area contributed by atoms with Gasteiger partial charge in [-0.1, -0.05) is 26.9 Å². The molecule has 2 N–H and O–H groups in total. The van der Waals surface area contributed by atoms with E-state index in [1.165, 1.54) is 36.0 Å². The van der Waals surface area contributed by atoms with Crippen LogP contribution in [0.1, 0.15) is 38.2 Å². The molecule has 0 bridgehead atoms. The van der Waals surface area contributed by atoms with E-state index < -0.39 is 32.2 Å². The highest BCUT2D eigenvalue weighted by Gasteiger charge is 2.39. The van der Waals surface area contributed by atoms with Gasteiger partial charge in [-0.25, -0.2) is 27.6 Å². The van der Waals surface area contributed by atoms with Crippen LogP contribution in [0, 0.1) is 0 Å². The van der Waals surface area contributed by atoms with Gasteiger partial charge >= 0.3 is 22.2 Å². The minimum absolute atomic E-state index is 0.00654. The van der Waals surface area contributed by atoms with Gasteiger partial charge < -0.3 is 14.2 Å². The van der Waals surface area contributed by atoms with E-state index in [9.17, 15) is 36.0 Å². The van der Waals surface area contributed by atoms with Crippen molar-refractivity contribution >= 4 is 85.0 Å². The average Bonchev–Trinajstić information content (AvgIpc) is 3.30. The fraction of sp³-hybridized carbons (Fsp3) is 0.357. The summed E-state index contributed by atoms with van der Waals surface area (Å²) in [6.07, 6.45) is 5.12. The molecule has 4 amide bonds. The number of carbonyl (C=O) groups is 4. The molecule has 1 aliphatic carbocycles. The van der Waals surface area contributed by atoms with Crippen LogP contribution in [0.4, 0.5) is 16.4 Å². The number of hydrogen-bond donors (Lipinski definition) is 2. The number of ether oxygens (including phenoxy) is 3. The number of aromatic nitrogens is 2. The van der Waals surface area contributed by atoms with Gasteiger partial charge in [-0.2, -0.15) is 18.4 Å². The third-order valence-corrected chi connectivity index (χ3v) is 10.8. The zero-order valence-electron chi connectivity index (χ0n) is 26.8. The number of amides is 4. The third-order valence-electron chi connectivity index (χ3n) is 6.73. The maximum atomic E-state index is 12.7. The molecule has 17 nitrogen and oxygen atoms in total. The Kier molecular flexibility index (Phi) is 13.1. The molecule has 1 aromatic heterocycles. The second-order valence-electron chi connectivity index (χ2n) is 10.0. The van der Waals surface area contributed by atoms with E-state index in [2.05, 4.69) is 9.97 Å². The van der Waals surface area contributed by atoms with Gasteiger partial charge in [0.15, 0.2) is 0 Å². The van der Waals surface area contributed by atoms with Crippen LogP contribution in [-0.2, 0) is 39.4 Å². The van der Waals surface area contributed by atoms with Crippen molar-refractivity contribution in [2.24, 2.45) is 0 Å². The van der Waals surface area contributed by atoms with Gasteiger partial charge in [0.1, 0.15) is 5.03 Å². The molecule has 2 aromatic rings. The Morgan fingerprint density at radius 2 is 1.55 bits per heavy atom. The lowest BCUT2D eigenvalue weighted by atomic mass is 9.93. The zero-order valence-corrected chi connectivity index (χ0v) is 29.9.